The maximum absolute atomic E-state index is 13.5. The lowest BCUT2D eigenvalue weighted by molar-refractivity contribution is 0.509. The van der Waals surface area contributed by atoms with E-state index in [4.69, 9.17) is 0 Å². The molecule has 0 saturated heterocycles. The van der Waals surface area contributed by atoms with E-state index in [-0.39, 0.29) is 0 Å². The van der Waals surface area contributed by atoms with Gasteiger partial charge in [0.05, 0.1) is 0 Å². The van der Waals surface area contributed by atoms with Crippen LogP contribution in [0, 0.1) is 11.6 Å². The Kier molecular flexibility index (Phi) is 3.84. The summed E-state index contributed by atoms with van der Waals surface area (Å²) in [6, 6.07) is 19.6. The second-order valence-electron chi connectivity index (χ2n) is 4.68. The van der Waals surface area contributed by atoms with Crippen LogP contribution in [0.1, 0.15) is 0 Å². The molecule has 0 bridgehead atoms. The fourth-order valence-electron chi connectivity index (χ4n) is 2.28. The highest BCUT2D eigenvalue weighted by molar-refractivity contribution is 9.10. The van der Waals surface area contributed by atoms with Gasteiger partial charge in [-0.3, -0.25) is 0 Å². The minimum atomic E-state index is -0.835. The zero-order valence-corrected chi connectivity index (χ0v) is 12.6. The first-order valence-electron chi connectivity index (χ1n) is 6.45. The topological polar surface area (TPSA) is 0 Å². The molecule has 0 fully saturated rings. The van der Waals surface area contributed by atoms with Crippen LogP contribution in [-0.2, 0) is 0 Å². The smallest absolute Gasteiger partial charge is 0.159 e. The van der Waals surface area contributed by atoms with Crippen molar-refractivity contribution in [3.05, 3.63) is 82.8 Å². The molecule has 0 nitrogen and oxygen atoms in total. The van der Waals surface area contributed by atoms with Crippen LogP contribution < -0.4 is 0 Å². The van der Waals surface area contributed by atoms with Crippen LogP contribution in [0.5, 0.6) is 0 Å². The molecule has 3 aromatic carbocycles. The molecule has 0 radical (unpaired) electrons. The van der Waals surface area contributed by atoms with Gasteiger partial charge in [-0.1, -0.05) is 58.4 Å². The molecule has 3 rings (SSSR count). The van der Waals surface area contributed by atoms with Gasteiger partial charge in [-0.15, -0.1) is 0 Å². The molecule has 0 heterocycles. The molecule has 3 aromatic rings. The van der Waals surface area contributed by atoms with Crippen LogP contribution in [0.2, 0.25) is 0 Å². The zero-order chi connectivity index (χ0) is 14.8. The van der Waals surface area contributed by atoms with E-state index in [0.29, 0.717) is 5.56 Å². The molecule has 104 valence electrons. The first-order valence-corrected chi connectivity index (χ1v) is 7.25. The summed E-state index contributed by atoms with van der Waals surface area (Å²) in [6.45, 7) is 0. The molecule has 3 heteroatoms. The summed E-state index contributed by atoms with van der Waals surface area (Å²) in [5.74, 6) is -1.67. The summed E-state index contributed by atoms with van der Waals surface area (Å²) in [4.78, 5) is 0. The summed E-state index contributed by atoms with van der Waals surface area (Å²) in [6.07, 6.45) is 0. The molecule has 0 unspecified atom stereocenters. The van der Waals surface area contributed by atoms with Crippen LogP contribution in [-0.4, -0.2) is 0 Å². The Bertz CT molecular complexity index is 779. The fourth-order valence-corrected chi connectivity index (χ4v) is 2.54. The van der Waals surface area contributed by atoms with Gasteiger partial charge in [-0.25, -0.2) is 8.78 Å². The van der Waals surface area contributed by atoms with E-state index >= 15 is 0 Å². The highest BCUT2D eigenvalue weighted by Gasteiger charge is 2.09. The van der Waals surface area contributed by atoms with E-state index in [1.54, 1.807) is 6.07 Å². The number of halogens is 3. The van der Waals surface area contributed by atoms with Gasteiger partial charge in [0.25, 0.3) is 0 Å². The van der Waals surface area contributed by atoms with Crippen molar-refractivity contribution in [1.29, 1.82) is 0 Å². The second kappa shape index (κ2) is 5.78. The maximum atomic E-state index is 13.5. The van der Waals surface area contributed by atoms with Crippen molar-refractivity contribution < 1.29 is 8.78 Å². The molecular formula is C18H11BrF2. The first kappa shape index (κ1) is 14.0. The normalized spacial score (nSPS) is 10.6. The van der Waals surface area contributed by atoms with Crippen LogP contribution in [0.25, 0.3) is 22.3 Å². The van der Waals surface area contributed by atoms with E-state index in [1.807, 2.05) is 48.5 Å². The van der Waals surface area contributed by atoms with Gasteiger partial charge in [0.15, 0.2) is 11.6 Å². The average Bonchev–Trinajstić information content (AvgIpc) is 2.51. The lowest BCUT2D eigenvalue weighted by Gasteiger charge is -2.10. The van der Waals surface area contributed by atoms with Crippen LogP contribution in [0.15, 0.2) is 71.2 Å². The standard InChI is InChI=1S/C18H11BrF2/c19-14-8-5-12(6-9-14)15-3-1-2-4-16(15)13-7-10-17(20)18(21)11-13/h1-11H. The Labute approximate surface area is 130 Å². The molecule has 0 aliphatic rings. The van der Waals surface area contributed by atoms with E-state index in [2.05, 4.69) is 15.9 Å². The monoisotopic (exact) mass is 344 g/mol. The molecule has 0 saturated carbocycles. The third kappa shape index (κ3) is 2.88. The van der Waals surface area contributed by atoms with Crippen molar-refractivity contribution in [3.8, 4) is 22.3 Å². The number of hydrogen-bond donors (Lipinski definition) is 0. The van der Waals surface area contributed by atoms with Gasteiger partial charge >= 0.3 is 0 Å². The van der Waals surface area contributed by atoms with Crippen molar-refractivity contribution >= 4 is 15.9 Å². The predicted octanol–water partition coefficient (Wildman–Crippen LogP) is 6.06. The minimum Gasteiger partial charge on any atom is -0.204 e. The summed E-state index contributed by atoms with van der Waals surface area (Å²) in [7, 11) is 0. The summed E-state index contributed by atoms with van der Waals surface area (Å²) in [5, 5.41) is 0. The largest absolute Gasteiger partial charge is 0.204 e. The lowest BCUT2D eigenvalue weighted by atomic mass is 9.94. The molecular weight excluding hydrogens is 334 g/mol. The molecule has 21 heavy (non-hydrogen) atoms. The van der Waals surface area contributed by atoms with Crippen molar-refractivity contribution in [3.63, 3.8) is 0 Å². The van der Waals surface area contributed by atoms with Crippen molar-refractivity contribution in [2.75, 3.05) is 0 Å². The van der Waals surface area contributed by atoms with E-state index in [1.165, 1.54) is 6.07 Å². The van der Waals surface area contributed by atoms with Crippen molar-refractivity contribution in [2.24, 2.45) is 0 Å². The SMILES string of the molecule is Fc1ccc(-c2ccccc2-c2ccc(Br)cc2)cc1F. The summed E-state index contributed by atoms with van der Waals surface area (Å²) >= 11 is 3.41. The van der Waals surface area contributed by atoms with Gasteiger partial charge < -0.3 is 0 Å². The molecule has 0 aromatic heterocycles. The van der Waals surface area contributed by atoms with Crippen molar-refractivity contribution in [2.45, 2.75) is 0 Å². The second-order valence-corrected chi connectivity index (χ2v) is 5.60. The van der Waals surface area contributed by atoms with E-state index in [9.17, 15) is 8.78 Å². The number of rotatable bonds is 2. The van der Waals surface area contributed by atoms with Gasteiger partial charge in [-0.2, -0.15) is 0 Å². The predicted molar refractivity (Wildman–Crippen MR) is 84.9 cm³/mol. The molecule has 0 aliphatic heterocycles. The third-order valence-electron chi connectivity index (χ3n) is 3.31. The quantitative estimate of drug-likeness (QED) is 0.529. The first-order chi connectivity index (χ1) is 10.1. The third-order valence-corrected chi connectivity index (χ3v) is 3.84. The summed E-state index contributed by atoms with van der Waals surface area (Å²) < 4.78 is 27.6. The molecule has 0 spiro atoms. The average molecular weight is 345 g/mol. The number of hydrogen-bond acceptors (Lipinski definition) is 0. The molecule has 0 atom stereocenters. The van der Waals surface area contributed by atoms with E-state index < -0.39 is 11.6 Å². The van der Waals surface area contributed by atoms with Gasteiger partial charge in [0.2, 0.25) is 0 Å². The van der Waals surface area contributed by atoms with Gasteiger partial charge in [0, 0.05) is 4.47 Å². The Morgan fingerprint density at radius 3 is 1.81 bits per heavy atom. The highest BCUT2D eigenvalue weighted by atomic mass is 79.9. The van der Waals surface area contributed by atoms with E-state index in [0.717, 1.165) is 27.2 Å². The zero-order valence-electron chi connectivity index (χ0n) is 11.0. The molecule has 0 N–H and O–H groups in total. The Hall–Kier alpha value is -2.00. The Morgan fingerprint density at radius 2 is 1.19 bits per heavy atom. The maximum Gasteiger partial charge on any atom is 0.159 e. The van der Waals surface area contributed by atoms with Crippen LogP contribution >= 0.6 is 15.9 Å². The number of benzene rings is 3. The summed E-state index contributed by atoms with van der Waals surface area (Å²) in [5.41, 5.74) is 3.54. The molecule has 0 amide bonds. The van der Waals surface area contributed by atoms with Gasteiger partial charge in [0.1, 0.15) is 0 Å². The highest BCUT2D eigenvalue weighted by Crippen LogP contribution is 2.33. The Morgan fingerprint density at radius 1 is 0.619 bits per heavy atom. The Balaban J connectivity index is 2.15. The van der Waals surface area contributed by atoms with Crippen LogP contribution in [0.3, 0.4) is 0 Å². The van der Waals surface area contributed by atoms with Gasteiger partial charge in [-0.05, 0) is 46.5 Å². The van der Waals surface area contributed by atoms with Crippen LogP contribution in [0.4, 0.5) is 8.78 Å². The minimum absolute atomic E-state index is 0.660. The lowest BCUT2D eigenvalue weighted by Crippen LogP contribution is -1.88. The molecule has 0 aliphatic carbocycles. The fraction of sp³-hybridized carbons (Fsp3) is 0. The van der Waals surface area contributed by atoms with Crippen molar-refractivity contribution in [1.82, 2.24) is 0 Å².